The topological polar surface area (TPSA) is 69.8 Å². The molecule has 3 N–H and O–H groups in total. The number of aromatic amines is 1. The molecular formula is C15H20N4O. The Labute approximate surface area is 118 Å². The molecule has 1 amide bonds. The summed E-state index contributed by atoms with van der Waals surface area (Å²) in [6, 6.07) is 10.3. The van der Waals surface area contributed by atoms with Crippen LogP contribution in [0.3, 0.4) is 0 Å². The summed E-state index contributed by atoms with van der Waals surface area (Å²) in [4.78, 5) is 11.6. The summed E-state index contributed by atoms with van der Waals surface area (Å²) in [5.41, 5.74) is 3.15. The van der Waals surface area contributed by atoms with Crippen LogP contribution in [-0.2, 0) is 11.3 Å². The smallest absolute Gasteiger partial charge is 0.234 e. The Bertz CT molecular complexity index is 532. The van der Waals surface area contributed by atoms with Gasteiger partial charge in [-0.15, -0.1) is 0 Å². The minimum absolute atomic E-state index is 0.0105. The summed E-state index contributed by atoms with van der Waals surface area (Å²) in [5.74, 6) is 0.0105. The van der Waals surface area contributed by atoms with Crippen LogP contribution in [0.15, 0.2) is 36.5 Å². The first kappa shape index (κ1) is 14.3. The maximum atomic E-state index is 11.6. The van der Waals surface area contributed by atoms with E-state index < -0.39 is 0 Å². The van der Waals surface area contributed by atoms with Gasteiger partial charge in [0.15, 0.2) is 0 Å². The van der Waals surface area contributed by atoms with Gasteiger partial charge < -0.3 is 10.6 Å². The lowest BCUT2D eigenvalue weighted by molar-refractivity contribution is -0.120. The summed E-state index contributed by atoms with van der Waals surface area (Å²) < 4.78 is 0. The first-order valence-electron chi connectivity index (χ1n) is 6.74. The van der Waals surface area contributed by atoms with Crippen molar-refractivity contribution in [3.63, 3.8) is 0 Å². The Hall–Kier alpha value is -2.14. The number of rotatable bonds is 6. The Morgan fingerprint density at radius 3 is 2.60 bits per heavy atom. The van der Waals surface area contributed by atoms with Gasteiger partial charge in [-0.3, -0.25) is 9.89 Å². The van der Waals surface area contributed by atoms with Crippen LogP contribution in [0, 0.1) is 0 Å². The maximum Gasteiger partial charge on any atom is 0.234 e. The number of nitrogens with zero attached hydrogens (tertiary/aromatic N) is 1. The van der Waals surface area contributed by atoms with Crippen molar-refractivity contribution in [3.8, 4) is 11.3 Å². The third kappa shape index (κ3) is 4.20. The number of benzene rings is 1. The minimum atomic E-state index is 0.0105. The quantitative estimate of drug-likeness (QED) is 0.749. The SMILES string of the molecule is CC(C)NCC(=O)NCc1ccc(-c2ccn[nH]2)cc1. The van der Waals surface area contributed by atoms with Gasteiger partial charge in [-0.2, -0.15) is 5.10 Å². The third-order valence-corrected chi connectivity index (χ3v) is 2.93. The summed E-state index contributed by atoms with van der Waals surface area (Å²) in [7, 11) is 0. The molecule has 0 unspecified atom stereocenters. The number of hydrogen-bond acceptors (Lipinski definition) is 3. The molecular weight excluding hydrogens is 252 g/mol. The molecule has 0 fully saturated rings. The van der Waals surface area contributed by atoms with Crippen LogP contribution >= 0.6 is 0 Å². The number of H-pyrrole nitrogens is 1. The first-order chi connectivity index (χ1) is 9.65. The molecule has 2 rings (SSSR count). The van der Waals surface area contributed by atoms with Crippen LogP contribution in [0.2, 0.25) is 0 Å². The highest BCUT2D eigenvalue weighted by molar-refractivity contribution is 5.78. The van der Waals surface area contributed by atoms with Gasteiger partial charge in [-0.05, 0) is 17.2 Å². The molecule has 0 atom stereocenters. The lowest BCUT2D eigenvalue weighted by atomic mass is 10.1. The van der Waals surface area contributed by atoms with Crippen molar-refractivity contribution in [3.05, 3.63) is 42.1 Å². The van der Waals surface area contributed by atoms with Gasteiger partial charge in [0.1, 0.15) is 0 Å². The molecule has 106 valence electrons. The second-order valence-corrected chi connectivity index (χ2v) is 4.98. The van der Waals surface area contributed by atoms with Crippen molar-refractivity contribution < 1.29 is 4.79 Å². The van der Waals surface area contributed by atoms with Crippen molar-refractivity contribution in [1.29, 1.82) is 0 Å². The fourth-order valence-corrected chi connectivity index (χ4v) is 1.78. The van der Waals surface area contributed by atoms with Gasteiger partial charge in [0, 0.05) is 18.8 Å². The molecule has 0 saturated carbocycles. The molecule has 0 aliphatic rings. The van der Waals surface area contributed by atoms with Gasteiger partial charge in [-0.1, -0.05) is 38.1 Å². The van der Waals surface area contributed by atoms with Gasteiger partial charge >= 0.3 is 0 Å². The molecule has 0 aliphatic carbocycles. The fraction of sp³-hybridized carbons (Fsp3) is 0.333. The average molecular weight is 272 g/mol. The summed E-state index contributed by atoms with van der Waals surface area (Å²) in [6.45, 7) is 4.93. The van der Waals surface area contributed by atoms with E-state index in [-0.39, 0.29) is 5.91 Å². The van der Waals surface area contributed by atoms with E-state index in [1.807, 2.05) is 44.2 Å². The molecule has 5 nitrogen and oxygen atoms in total. The Morgan fingerprint density at radius 1 is 1.25 bits per heavy atom. The molecule has 2 aromatic rings. The number of carbonyl (C=O) groups is 1. The average Bonchev–Trinajstić information content (AvgIpc) is 2.97. The summed E-state index contributed by atoms with van der Waals surface area (Å²) in [5, 5.41) is 12.8. The summed E-state index contributed by atoms with van der Waals surface area (Å²) in [6.07, 6.45) is 1.73. The standard InChI is InChI=1S/C15H20N4O/c1-11(2)16-10-15(20)17-9-12-3-5-13(6-4-12)14-7-8-18-19-14/h3-8,11,16H,9-10H2,1-2H3,(H,17,20)(H,18,19). The van der Waals surface area contributed by atoms with E-state index in [4.69, 9.17) is 0 Å². The Kier molecular flexibility index (Phi) is 4.90. The van der Waals surface area contributed by atoms with E-state index in [9.17, 15) is 4.79 Å². The summed E-state index contributed by atoms with van der Waals surface area (Å²) >= 11 is 0. The van der Waals surface area contributed by atoms with Crippen molar-refractivity contribution in [2.75, 3.05) is 6.54 Å². The molecule has 0 saturated heterocycles. The van der Waals surface area contributed by atoms with E-state index in [0.717, 1.165) is 16.8 Å². The normalized spacial score (nSPS) is 10.8. The van der Waals surface area contributed by atoms with E-state index in [0.29, 0.717) is 19.1 Å². The minimum Gasteiger partial charge on any atom is -0.351 e. The number of nitrogens with one attached hydrogen (secondary N) is 3. The van der Waals surface area contributed by atoms with Crippen LogP contribution in [0.25, 0.3) is 11.3 Å². The predicted molar refractivity (Wildman–Crippen MR) is 79.0 cm³/mol. The lowest BCUT2D eigenvalue weighted by Crippen LogP contribution is -2.36. The van der Waals surface area contributed by atoms with Gasteiger partial charge in [0.25, 0.3) is 0 Å². The Balaban J connectivity index is 1.84. The first-order valence-corrected chi connectivity index (χ1v) is 6.74. The molecule has 0 radical (unpaired) electrons. The number of carbonyl (C=O) groups excluding carboxylic acids is 1. The molecule has 1 heterocycles. The van der Waals surface area contributed by atoms with Crippen molar-refractivity contribution in [2.24, 2.45) is 0 Å². The van der Waals surface area contributed by atoms with Gasteiger partial charge in [-0.25, -0.2) is 0 Å². The maximum absolute atomic E-state index is 11.6. The van der Waals surface area contributed by atoms with Crippen LogP contribution in [0.4, 0.5) is 0 Å². The highest BCUT2D eigenvalue weighted by Gasteiger charge is 2.03. The highest BCUT2D eigenvalue weighted by Crippen LogP contribution is 2.16. The largest absolute Gasteiger partial charge is 0.351 e. The molecule has 0 bridgehead atoms. The van der Waals surface area contributed by atoms with Gasteiger partial charge in [0.2, 0.25) is 5.91 Å². The second-order valence-electron chi connectivity index (χ2n) is 4.98. The van der Waals surface area contributed by atoms with E-state index >= 15 is 0 Å². The highest BCUT2D eigenvalue weighted by atomic mass is 16.1. The number of amides is 1. The zero-order chi connectivity index (χ0) is 14.4. The predicted octanol–water partition coefficient (Wildman–Crippen LogP) is 1.69. The van der Waals surface area contributed by atoms with E-state index in [1.54, 1.807) is 6.20 Å². The third-order valence-electron chi connectivity index (χ3n) is 2.93. The fourth-order valence-electron chi connectivity index (χ4n) is 1.78. The van der Waals surface area contributed by atoms with Crippen LogP contribution in [-0.4, -0.2) is 28.7 Å². The molecule has 0 aliphatic heterocycles. The molecule has 1 aromatic heterocycles. The Morgan fingerprint density at radius 2 is 2.00 bits per heavy atom. The molecule has 0 spiro atoms. The molecule has 5 heteroatoms. The van der Waals surface area contributed by atoms with E-state index in [1.165, 1.54) is 0 Å². The number of hydrogen-bond donors (Lipinski definition) is 3. The van der Waals surface area contributed by atoms with Gasteiger partial charge in [0.05, 0.1) is 12.2 Å². The zero-order valence-corrected chi connectivity index (χ0v) is 11.8. The van der Waals surface area contributed by atoms with Crippen molar-refractivity contribution >= 4 is 5.91 Å². The van der Waals surface area contributed by atoms with Crippen LogP contribution in [0.1, 0.15) is 19.4 Å². The van der Waals surface area contributed by atoms with Crippen molar-refractivity contribution in [1.82, 2.24) is 20.8 Å². The van der Waals surface area contributed by atoms with Crippen LogP contribution < -0.4 is 10.6 Å². The van der Waals surface area contributed by atoms with Crippen LogP contribution in [0.5, 0.6) is 0 Å². The van der Waals surface area contributed by atoms with E-state index in [2.05, 4.69) is 20.8 Å². The molecule has 1 aromatic carbocycles. The monoisotopic (exact) mass is 272 g/mol. The molecule has 20 heavy (non-hydrogen) atoms. The lowest BCUT2D eigenvalue weighted by Gasteiger charge is -2.09. The number of aromatic nitrogens is 2. The second kappa shape index (κ2) is 6.86. The van der Waals surface area contributed by atoms with Crippen molar-refractivity contribution in [2.45, 2.75) is 26.4 Å². The zero-order valence-electron chi connectivity index (χ0n) is 11.8.